The van der Waals surface area contributed by atoms with Gasteiger partial charge in [0.25, 0.3) is 0 Å². The van der Waals surface area contributed by atoms with E-state index in [9.17, 15) is 4.39 Å². The van der Waals surface area contributed by atoms with Gasteiger partial charge >= 0.3 is 0 Å². The average molecular weight is 346 g/mol. The summed E-state index contributed by atoms with van der Waals surface area (Å²) in [6, 6.07) is 8.61. The highest BCUT2D eigenvalue weighted by molar-refractivity contribution is 7.99. The van der Waals surface area contributed by atoms with Gasteiger partial charge in [-0.3, -0.25) is 0 Å². The van der Waals surface area contributed by atoms with E-state index >= 15 is 0 Å². The second-order valence-corrected chi connectivity index (χ2v) is 7.52. The van der Waals surface area contributed by atoms with Gasteiger partial charge in [0.15, 0.2) is 0 Å². The van der Waals surface area contributed by atoms with E-state index in [0.717, 1.165) is 50.9 Å². The molecule has 3 nitrogen and oxygen atoms in total. The molecule has 4 rings (SSSR count). The monoisotopic (exact) mass is 346 g/mol. The van der Waals surface area contributed by atoms with Crippen LogP contribution < -0.4 is 0 Å². The molecular formula is C17H15FN2OS2. The fourth-order valence-electron chi connectivity index (χ4n) is 2.64. The van der Waals surface area contributed by atoms with Crippen LogP contribution in [0.15, 0.2) is 41.7 Å². The van der Waals surface area contributed by atoms with E-state index in [1.165, 1.54) is 12.1 Å². The number of hydrogen-bond acceptors (Lipinski definition) is 5. The van der Waals surface area contributed by atoms with Crippen molar-refractivity contribution in [3.05, 3.63) is 42.5 Å². The van der Waals surface area contributed by atoms with Crippen molar-refractivity contribution >= 4 is 33.3 Å². The zero-order valence-electron chi connectivity index (χ0n) is 12.4. The molecule has 0 aliphatic carbocycles. The van der Waals surface area contributed by atoms with Gasteiger partial charge in [0.2, 0.25) is 0 Å². The Morgan fingerprint density at radius 2 is 2.13 bits per heavy atom. The third kappa shape index (κ3) is 3.24. The molecule has 0 unspecified atom stereocenters. The number of halogens is 1. The number of hydrogen-bond donors (Lipinski definition) is 0. The van der Waals surface area contributed by atoms with Gasteiger partial charge in [0, 0.05) is 17.2 Å². The van der Waals surface area contributed by atoms with Crippen LogP contribution in [-0.2, 0) is 4.74 Å². The first-order chi connectivity index (χ1) is 11.3. The van der Waals surface area contributed by atoms with Gasteiger partial charge in [-0.1, -0.05) is 12.1 Å². The molecule has 0 N–H and O–H groups in total. The van der Waals surface area contributed by atoms with Crippen molar-refractivity contribution in [3.8, 4) is 10.4 Å². The van der Waals surface area contributed by atoms with Crippen molar-refractivity contribution in [1.82, 2.24) is 9.97 Å². The summed E-state index contributed by atoms with van der Waals surface area (Å²) in [6.45, 7) is 0.873. The molecule has 0 spiro atoms. The van der Waals surface area contributed by atoms with Crippen LogP contribution in [-0.4, -0.2) is 28.4 Å². The van der Waals surface area contributed by atoms with Crippen LogP contribution in [0.3, 0.4) is 0 Å². The maximum absolute atomic E-state index is 13.1. The number of rotatable bonds is 4. The number of nitrogens with zero attached hydrogens (tertiary/aromatic N) is 2. The Labute approximate surface area is 141 Å². The van der Waals surface area contributed by atoms with E-state index in [-0.39, 0.29) is 5.82 Å². The first-order valence-corrected chi connectivity index (χ1v) is 9.35. The summed E-state index contributed by atoms with van der Waals surface area (Å²) in [5.41, 5.74) is 1.95. The third-order valence-electron chi connectivity index (χ3n) is 3.84. The molecule has 3 aromatic rings. The van der Waals surface area contributed by atoms with Crippen LogP contribution in [0.2, 0.25) is 0 Å². The number of ether oxygens (including phenoxy) is 1. The Bertz CT molecular complexity index is 813. The van der Waals surface area contributed by atoms with E-state index in [1.807, 2.05) is 6.07 Å². The molecule has 1 aromatic carbocycles. The maximum Gasteiger partial charge on any atom is 0.123 e. The lowest BCUT2D eigenvalue weighted by Crippen LogP contribution is -2.07. The molecular weight excluding hydrogens is 331 g/mol. The van der Waals surface area contributed by atoms with E-state index in [4.69, 9.17) is 4.74 Å². The minimum atomic E-state index is -0.220. The summed E-state index contributed by atoms with van der Waals surface area (Å²) in [5, 5.41) is 1.00. The van der Waals surface area contributed by atoms with Crippen LogP contribution >= 0.6 is 23.1 Å². The Hall–Kier alpha value is -1.50. The highest BCUT2D eigenvalue weighted by Gasteiger charge is 2.17. The van der Waals surface area contributed by atoms with E-state index < -0.39 is 0 Å². The molecule has 1 aliphatic heterocycles. The van der Waals surface area contributed by atoms with Crippen molar-refractivity contribution in [2.75, 3.05) is 12.4 Å². The van der Waals surface area contributed by atoms with Crippen molar-refractivity contribution < 1.29 is 9.13 Å². The van der Waals surface area contributed by atoms with Gasteiger partial charge in [-0.15, -0.1) is 23.1 Å². The number of thiophene rings is 1. The fraction of sp³-hybridized carbons (Fsp3) is 0.294. The molecule has 118 valence electrons. The third-order valence-corrected chi connectivity index (χ3v) is 6.27. The first-order valence-electron chi connectivity index (χ1n) is 7.54. The number of aromatic nitrogens is 2. The summed E-state index contributed by atoms with van der Waals surface area (Å²) in [6.07, 6.45) is 4.23. The molecule has 0 bridgehead atoms. The molecule has 0 radical (unpaired) electrons. The number of fused-ring (bicyclic) bond motifs is 1. The lowest BCUT2D eigenvalue weighted by molar-refractivity contribution is 0.129. The van der Waals surface area contributed by atoms with Gasteiger partial charge in [0.05, 0.1) is 16.3 Å². The predicted molar refractivity (Wildman–Crippen MR) is 92.5 cm³/mol. The van der Waals surface area contributed by atoms with Gasteiger partial charge < -0.3 is 4.74 Å². The second kappa shape index (κ2) is 6.55. The SMILES string of the molecule is Fc1ccc(-c2cc3ncnc(SC[C@@H]4CCCO4)c3s2)cc1. The topological polar surface area (TPSA) is 35.0 Å². The zero-order chi connectivity index (χ0) is 15.6. The van der Waals surface area contributed by atoms with Gasteiger partial charge in [-0.25, -0.2) is 14.4 Å². The number of benzene rings is 1. The van der Waals surface area contributed by atoms with Crippen molar-refractivity contribution in [3.63, 3.8) is 0 Å². The van der Waals surface area contributed by atoms with E-state index in [2.05, 4.69) is 9.97 Å². The summed E-state index contributed by atoms with van der Waals surface area (Å²) in [7, 11) is 0. The zero-order valence-corrected chi connectivity index (χ0v) is 14.0. The average Bonchev–Trinajstić information content (AvgIpc) is 3.23. The van der Waals surface area contributed by atoms with Crippen LogP contribution in [0, 0.1) is 5.82 Å². The van der Waals surface area contributed by atoms with Crippen molar-refractivity contribution in [2.24, 2.45) is 0 Å². The largest absolute Gasteiger partial charge is 0.377 e. The molecule has 1 aliphatic rings. The van der Waals surface area contributed by atoms with Crippen LogP contribution in [0.1, 0.15) is 12.8 Å². The quantitative estimate of drug-likeness (QED) is 0.503. The van der Waals surface area contributed by atoms with E-state index in [1.54, 1.807) is 41.6 Å². The molecule has 23 heavy (non-hydrogen) atoms. The molecule has 1 atom stereocenters. The molecule has 3 heterocycles. The summed E-state index contributed by atoms with van der Waals surface area (Å²) in [4.78, 5) is 9.88. The van der Waals surface area contributed by atoms with Gasteiger partial charge in [-0.05, 0) is 36.6 Å². The van der Waals surface area contributed by atoms with Crippen molar-refractivity contribution in [2.45, 2.75) is 24.0 Å². The summed E-state index contributed by atoms with van der Waals surface area (Å²) >= 11 is 3.39. The molecule has 2 aromatic heterocycles. The standard InChI is InChI=1S/C17H15FN2OS2/c18-12-5-3-11(4-6-12)15-8-14-16(23-15)17(20-10-19-14)22-9-13-2-1-7-21-13/h3-6,8,10,13H,1-2,7,9H2/t13-/m0/s1. The molecule has 0 amide bonds. The summed E-state index contributed by atoms with van der Waals surface area (Å²) < 4.78 is 19.9. The van der Waals surface area contributed by atoms with E-state index in [0.29, 0.717) is 6.10 Å². The molecule has 1 saturated heterocycles. The minimum Gasteiger partial charge on any atom is -0.377 e. The Kier molecular flexibility index (Phi) is 4.29. The lowest BCUT2D eigenvalue weighted by atomic mass is 10.2. The van der Waals surface area contributed by atoms with Crippen LogP contribution in [0.5, 0.6) is 0 Å². The number of thioether (sulfide) groups is 1. The fourth-order valence-corrected chi connectivity index (χ4v) is 4.91. The lowest BCUT2D eigenvalue weighted by Gasteiger charge is -2.08. The smallest absolute Gasteiger partial charge is 0.123 e. The maximum atomic E-state index is 13.1. The highest BCUT2D eigenvalue weighted by atomic mass is 32.2. The second-order valence-electron chi connectivity index (χ2n) is 5.46. The normalized spacial score (nSPS) is 17.9. The van der Waals surface area contributed by atoms with Crippen molar-refractivity contribution in [1.29, 1.82) is 0 Å². The van der Waals surface area contributed by atoms with Gasteiger partial charge in [0.1, 0.15) is 17.2 Å². The molecule has 6 heteroatoms. The predicted octanol–water partition coefficient (Wildman–Crippen LogP) is 4.77. The van der Waals surface area contributed by atoms with Crippen LogP contribution in [0.4, 0.5) is 4.39 Å². The first kappa shape index (κ1) is 15.1. The molecule has 1 fully saturated rings. The highest BCUT2D eigenvalue weighted by Crippen LogP contribution is 2.37. The van der Waals surface area contributed by atoms with Gasteiger partial charge in [-0.2, -0.15) is 0 Å². The minimum absolute atomic E-state index is 0.220. The Balaban J connectivity index is 1.62. The Morgan fingerprint density at radius 1 is 1.26 bits per heavy atom. The van der Waals surface area contributed by atoms with Crippen LogP contribution in [0.25, 0.3) is 20.7 Å². The molecule has 0 saturated carbocycles. The summed E-state index contributed by atoms with van der Waals surface area (Å²) in [5.74, 6) is 0.707. The Morgan fingerprint density at radius 3 is 2.91 bits per heavy atom.